The van der Waals surface area contributed by atoms with Gasteiger partial charge >= 0.3 is 0 Å². The molecule has 1 atom stereocenters. The number of carbonyl (C=O) groups excluding carboxylic acids is 1. The number of nitrogens with one attached hydrogen (secondary N) is 2. The first-order valence-electron chi connectivity index (χ1n) is 6.41. The van der Waals surface area contributed by atoms with Gasteiger partial charge in [-0.15, -0.1) is 5.10 Å². The normalized spacial score (nSPS) is 19.6. The van der Waals surface area contributed by atoms with E-state index in [4.69, 9.17) is 0 Å². The van der Waals surface area contributed by atoms with Crippen LogP contribution in [0.1, 0.15) is 40.9 Å². The number of nitrogens with zero attached hydrogens (tertiary/aromatic N) is 4. The standard InChI is InChI=1S/C12H16N6O/c1-8-14-11(17-15-8)12(19)18-6-2-3-9(7-18)10-4-5-13-16-10/h4-5,9H,2-3,6-7H2,1H3,(H,13,16)(H,14,15,17). The maximum atomic E-state index is 12.3. The van der Waals surface area contributed by atoms with E-state index in [2.05, 4.69) is 25.4 Å². The van der Waals surface area contributed by atoms with Crippen molar-refractivity contribution in [2.75, 3.05) is 13.1 Å². The fourth-order valence-corrected chi connectivity index (χ4v) is 2.49. The van der Waals surface area contributed by atoms with Crippen molar-refractivity contribution in [1.82, 2.24) is 30.3 Å². The topological polar surface area (TPSA) is 90.6 Å². The van der Waals surface area contributed by atoms with E-state index in [-0.39, 0.29) is 11.7 Å². The predicted octanol–water partition coefficient (Wildman–Crippen LogP) is 0.856. The molecule has 1 aliphatic rings. The van der Waals surface area contributed by atoms with Crippen molar-refractivity contribution < 1.29 is 4.79 Å². The van der Waals surface area contributed by atoms with Crippen LogP contribution < -0.4 is 0 Å². The lowest BCUT2D eigenvalue weighted by Crippen LogP contribution is -2.39. The van der Waals surface area contributed by atoms with E-state index in [1.54, 1.807) is 13.1 Å². The van der Waals surface area contributed by atoms with Crippen LogP contribution in [0.25, 0.3) is 0 Å². The van der Waals surface area contributed by atoms with Gasteiger partial charge < -0.3 is 4.90 Å². The molecule has 7 heteroatoms. The molecule has 3 heterocycles. The van der Waals surface area contributed by atoms with Crippen molar-refractivity contribution >= 4 is 5.91 Å². The zero-order valence-electron chi connectivity index (χ0n) is 10.8. The lowest BCUT2D eigenvalue weighted by molar-refractivity contribution is 0.0694. The van der Waals surface area contributed by atoms with Crippen LogP contribution in [0.4, 0.5) is 0 Å². The Morgan fingerprint density at radius 3 is 3.05 bits per heavy atom. The summed E-state index contributed by atoms with van der Waals surface area (Å²) in [4.78, 5) is 18.2. The first-order valence-corrected chi connectivity index (χ1v) is 6.41. The summed E-state index contributed by atoms with van der Waals surface area (Å²) in [6, 6.07) is 1.97. The first kappa shape index (κ1) is 11.9. The summed E-state index contributed by atoms with van der Waals surface area (Å²) >= 11 is 0. The fourth-order valence-electron chi connectivity index (χ4n) is 2.49. The van der Waals surface area contributed by atoms with Crippen molar-refractivity contribution in [3.8, 4) is 0 Å². The highest BCUT2D eigenvalue weighted by Gasteiger charge is 2.27. The number of aryl methyl sites for hydroxylation is 1. The molecule has 1 amide bonds. The minimum atomic E-state index is -0.103. The van der Waals surface area contributed by atoms with Crippen LogP contribution in [0.5, 0.6) is 0 Å². The Bertz CT molecular complexity index is 561. The quantitative estimate of drug-likeness (QED) is 0.837. The highest BCUT2D eigenvalue weighted by atomic mass is 16.2. The highest BCUT2D eigenvalue weighted by Crippen LogP contribution is 2.25. The third-order valence-corrected chi connectivity index (χ3v) is 3.46. The second-order valence-corrected chi connectivity index (χ2v) is 4.85. The number of H-pyrrole nitrogens is 2. The monoisotopic (exact) mass is 260 g/mol. The van der Waals surface area contributed by atoms with E-state index >= 15 is 0 Å². The van der Waals surface area contributed by atoms with Crippen LogP contribution in [-0.4, -0.2) is 49.3 Å². The second kappa shape index (κ2) is 4.83. The fraction of sp³-hybridized carbons (Fsp3) is 0.500. The Balaban J connectivity index is 1.73. The third kappa shape index (κ3) is 2.35. The molecule has 0 saturated carbocycles. The minimum Gasteiger partial charge on any atom is -0.335 e. The number of hydrogen-bond donors (Lipinski definition) is 2. The molecule has 0 aliphatic carbocycles. The summed E-state index contributed by atoms with van der Waals surface area (Å²) in [7, 11) is 0. The van der Waals surface area contributed by atoms with Crippen LogP contribution in [-0.2, 0) is 0 Å². The third-order valence-electron chi connectivity index (χ3n) is 3.46. The summed E-state index contributed by atoms with van der Waals surface area (Å²) in [5.41, 5.74) is 1.09. The van der Waals surface area contributed by atoms with Crippen molar-refractivity contribution in [1.29, 1.82) is 0 Å². The van der Waals surface area contributed by atoms with E-state index in [1.807, 2.05) is 11.0 Å². The Labute approximate surface area is 110 Å². The van der Waals surface area contributed by atoms with Gasteiger partial charge in [0.05, 0.1) is 0 Å². The Morgan fingerprint density at radius 2 is 2.37 bits per heavy atom. The van der Waals surface area contributed by atoms with E-state index in [9.17, 15) is 4.79 Å². The molecule has 1 fully saturated rings. The van der Waals surface area contributed by atoms with Gasteiger partial charge in [0.25, 0.3) is 5.91 Å². The zero-order valence-corrected chi connectivity index (χ0v) is 10.8. The average molecular weight is 260 g/mol. The molecule has 0 aromatic carbocycles. The molecule has 1 unspecified atom stereocenters. The Morgan fingerprint density at radius 1 is 1.47 bits per heavy atom. The average Bonchev–Trinajstić information content (AvgIpc) is 3.09. The number of amides is 1. The number of hydrogen-bond acceptors (Lipinski definition) is 4. The minimum absolute atomic E-state index is 0.103. The van der Waals surface area contributed by atoms with Gasteiger partial charge in [-0.25, -0.2) is 4.98 Å². The second-order valence-electron chi connectivity index (χ2n) is 4.85. The molecule has 2 aromatic heterocycles. The molecular weight excluding hydrogens is 244 g/mol. The molecule has 3 rings (SSSR count). The molecule has 2 N–H and O–H groups in total. The lowest BCUT2D eigenvalue weighted by Gasteiger charge is -2.31. The number of carbonyl (C=O) groups is 1. The Kier molecular flexibility index (Phi) is 3.02. The van der Waals surface area contributed by atoms with Gasteiger partial charge in [0.1, 0.15) is 5.82 Å². The summed E-state index contributed by atoms with van der Waals surface area (Å²) in [5, 5.41) is 13.6. The maximum Gasteiger partial charge on any atom is 0.293 e. The van der Waals surface area contributed by atoms with Crippen molar-refractivity contribution in [2.45, 2.75) is 25.7 Å². The molecular formula is C12H16N6O. The van der Waals surface area contributed by atoms with E-state index in [0.29, 0.717) is 18.3 Å². The van der Waals surface area contributed by atoms with Gasteiger partial charge in [-0.2, -0.15) is 5.10 Å². The number of piperidine rings is 1. The predicted molar refractivity (Wildman–Crippen MR) is 67.6 cm³/mol. The van der Waals surface area contributed by atoms with Crippen molar-refractivity contribution in [2.24, 2.45) is 0 Å². The van der Waals surface area contributed by atoms with Crippen LogP contribution in [0, 0.1) is 6.92 Å². The summed E-state index contributed by atoms with van der Waals surface area (Å²) in [5.74, 6) is 1.13. The maximum absolute atomic E-state index is 12.3. The lowest BCUT2D eigenvalue weighted by atomic mass is 9.95. The first-order chi connectivity index (χ1) is 9.24. The summed E-state index contributed by atoms with van der Waals surface area (Å²) < 4.78 is 0. The zero-order chi connectivity index (χ0) is 13.2. The molecule has 1 saturated heterocycles. The smallest absolute Gasteiger partial charge is 0.293 e. The Hall–Kier alpha value is -2.18. The van der Waals surface area contributed by atoms with Gasteiger partial charge in [0.2, 0.25) is 5.82 Å². The van der Waals surface area contributed by atoms with Gasteiger partial charge in [-0.3, -0.25) is 15.0 Å². The van der Waals surface area contributed by atoms with Crippen molar-refractivity contribution in [3.63, 3.8) is 0 Å². The highest BCUT2D eigenvalue weighted by molar-refractivity contribution is 5.90. The van der Waals surface area contributed by atoms with Crippen LogP contribution in [0.2, 0.25) is 0 Å². The largest absolute Gasteiger partial charge is 0.335 e. The van der Waals surface area contributed by atoms with Crippen LogP contribution in [0.15, 0.2) is 12.3 Å². The van der Waals surface area contributed by atoms with Gasteiger partial charge in [-0.05, 0) is 25.8 Å². The number of aromatic nitrogens is 5. The molecule has 19 heavy (non-hydrogen) atoms. The van der Waals surface area contributed by atoms with Crippen LogP contribution in [0.3, 0.4) is 0 Å². The molecule has 0 spiro atoms. The molecule has 2 aromatic rings. The number of rotatable bonds is 2. The SMILES string of the molecule is Cc1nc(C(=O)N2CCCC(c3ccn[nH]3)C2)n[nH]1. The van der Waals surface area contributed by atoms with E-state index in [0.717, 1.165) is 25.1 Å². The van der Waals surface area contributed by atoms with Gasteiger partial charge in [-0.1, -0.05) is 0 Å². The molecule has 0 radical (unpaired) electrons. The number of likely N-dealkylation sites (tertiary alicyclic amines) is 1. The summed E-state index contributed by atoms with van der Waals surface area (Å²) in [6.45, 7) is 3.24. The number of aromatic amines is 2. The molecule has 100 valence electrons. The molecule has 7 nitrogen and oxygen atoms in total. The van der Waals surface area contributed by atoms with Gasteiger partial charge in [0, 0.05) is 30.9 Å². The van der Waals surface area contributed by atoms with Gasteiger partial charge in [0.15, 0.2) is 0 Å². The van der Waals surface area contributed by atoms with E-state index in [1.165, 1.54) is 0 Å². The molecule has 0 bridgehead atoms. The summed E-state index contributed by atoms with van der Waals surface area (Å²) in [6.07, 6.45) is 3.80. The van der Waals surface area contributed by atoms with E-state index < -0.39 is 0 Å². The van der Waals surface area contributed by atoms with Crippen LogP contribution >= 0.6 is 0 Å². The molecule has 1 aliphatic heterocycles. The van der Waals surface area contributed by atoms with Crippen molar-refractivity contribution in [3.05, 3.63) is 29.6 Å².